The summed E-state index contributed by atoms with van der Waals surface area (Å²) in [6, 6.07) is 8.48. The first-order valence-electron chi connectivity index (χ1n) is 5.39. The van der Waals surface area contributed by atoms with Gasteiger partial charge in [-0.1, -0.05) is 42.5 Å². The van der Waals surface area contributed by atoms with E-state index in [0.717, 1.165) is 0 Å². The van der Waals surface area contributed by atoms with Crippen LogP contribution in [0.1, 0.15) is 6.42 Å². The van der Waals surface area contributed by atoms with E-state index in [1.807, 2.05) is 0 Å². The summed E-state index contributed by atoms with van der Waals surface area (Å²) in [4.78, 5) is 0.348. The molecule has 0 radical (unpaired) electrons. The van der Waals surface area contributed by atoms with Crippen LogP contribution in [0.5, 0.6) is 0 Å². The van der Waals surface area contributed by atoms with Crippen LogP contribution in [0.4, 0.5) is 0 Å². The van der Waals surface area contributed by atoms with E-state index in [0.29, 0.717) is 11.3 Å². The quantitative estimate of drug-likeness (QED) is 0.773. The fourth-order valence-corrected chi connectivity index (χ4v) is 3.79. The van der Waals surface area contributed by atoms with Gasteiger partial charge in [0.05, 0.1) is 15.5 Å². The SMILES string of the molecule is O=S(=O)(c1ccccc1)[C@@H]1C=CC=C[C@@H](Cl)C1. The molecule has 0 saturated carbocycles. The van der Waals surface area contributed by atoms with Crippen LogP contribution in [0.2, 0.25) is 0 Å². The van der Waals surface area contributed by atoms with Gasteiger partial charge in [0.2, 0.25) is 0 Å². The zero-order chi connectivity index (χ0) is 12.3. The molecule has 0 amide bonds. The number of rotatable bonds is 2. The lowest BCUT2D eigenvalue weighted by atomic mass is 10.2. The molecule has 2 atom stereocenters. The maximum Gasteiger partial charge on any atom is 0.184 e. The largest absolute Gasteiger partial charge is 0.223 e. The van der Waals surface area contributed by atoms with Crippen LogP contribution in [-0.2, 0) is 9.84 Å². The molecule has 4 heteroatoms. The lowest BCUT2D eigenvalue weighted by molar-refractivity contribution is 0.585. The number of hydrogen-bond donors (Lipinski definition) is 0. The maximum absolute atomic E-state index is 12.3. The first kappa shape index (κ1) is 12.4. The van der Waals surface area contributed by atoms with Crippen molar-refractivity contribution in [3.05, 3.63) is 54.6 Å². The molecule has 90 valence electrons. The van der Waals surface area contributed by atoms with E-state index in [9.17, 15) is 8.42 Å². The number of allylic oxidation sites excluding steroid dienone is 3. The Morgan fingerprint density at radius 2 is 1.71 bits per heavy atom. The van der Waals surface area contributed by atoms with Crippen LogP contribution >= 0.6 is 11.6 Å². The summed E-state index contributed by atoms with van der Waals surface area (Å²) in [5.41, 5.74) is 0. The second kappa shape index (κ2) is 5.07. The Labute approximate surface area is 107 Å². The van der Waals surface area contributed by atoms with Crippen LogP contribution in [0, 0.1) is 0 Å². The van der Waals surface area contributed by atoms with Crippen molar-refractivity contribution in [1.29, 1.82) is 0 Å². The Morgan fingerprint density at radius 1 is 1.06 bits per heavy atom. The van der Waals surface area contributed by atoms with Crippen molar-refractivity contribution in [2.24, 2.45) is 0 Å². The fraction of sp³-hybridized carbons (Fsp3) is 0.231. The van der Waals surface area contributed by atoms with Gasteiger partial charge in [0, 0.05) is 0 Å². The molecule has 0 unspecified atom stereocenters. The van der Waals surface area contributed by atoms with Crippen molar-refractivity contribution >= 4 is 21.4 Å². The summed E-state index contributed by atoms with van der Waals surface area (Å²) >= 11 is 6.02. The van der Waals surface area contributed by atoms with Gasteiger partial charge in [-0.05, 0) is 18.6 Å². The second-order valence-electron chi connectivity index (χ2n) is 3.92. The molecule has 17 heavy (non-hydrogen) atoms. The zero-order valence-electron chi connectivity index (χ0n) is 9.16. The third-order valence-electron chi connectivity index (χ3n) is 2.68. The molecule has 1 aliphatic rings. The number of sulfone groups is 1. The van der Waals surface area contributed by atoms with E-state index in [2.05, 4.69) is 0 Å². The highest BCUT2D eigenvalue weighted by Crippen LogP contribution is 2.24. The third-order valence-corrected chi connectivity index (χ3v) is 5.08. The molecule has 0 N–H and O–H groups in total. The molecular formula is C13H13ClO2S. The average Bonchev–Trinajstić information content (AvgIpc) is 2.55. The van der Waals surface area contributed by atoms with Crippen molar-refractivity contribution in [3.8, 4) is 0 Å². The van der Waals surface area contributed by atoms with Gasteiger partial charge in [0.15, 0.2) is 9.84 Å². The molecule has 0 bridgehead atoms. The molecule has 2 rings (SSSR count). The third kappa shape index (κ3) is 2.79. The van der Waals surface area contributed by atoms with E-state index in [-0.39, 0.29) is 5.38 Å². The first-order valence-corrected chi connectivity index (χ1v) is 7.37. The summed E-state index contributed by atoms with van der Waals surface area (Å²) in [7, 11) is -3.33. The number of benzene rings is 1. The highest BCUT2D eigenvalue weighted by atomic mass is 35.5. The molecular weight excluding hydrogens is 256 g/mol. The van der Waals surface area contributed by atoms with E-state index in [4.69, 9.17) is 11.6 Å². The Morgan fingerprint density at radius 3 is 2.41 bits per heavy atom. The van der Waals surface area contributed by atoms with Crippen LogP contribution < -0.4 is 0 Å². The van der Waals surface area contributed by atoms with Crippen LogP contribution in [-0.4, -0.2) is 19.0 Å². The minimum Gasteiger partial charge on any atom is -0.223 e. The minimum absolute atomic E-state index is 0.242. The number of halogens is 1. The molecule has 0 aromatic heterocycles. The van der Waals surface area contributed by atoms with Crippen molar-refractivity contribution < 1.29 is 8.42 Å². The van der Waals surface area contributed by atoms with E-state index >= 15 is 0 Å². The van der Waals surface area contributed by atoms with Gasteiger partial charge in [-0.25, -0.2) is 8.42 Å². The molecule has 0 spiro atoms. The van der Waals surface area contributed by atoms with Crippen LogP contribution in [0.3, 0.4) is 0 Å². The Bertz CT molecular complexity index is 532. The van der Waals surface area contributed by atoms with Crippen molar-refractivity contribution in [2.75, 3.05) is 0 Å². The Balaban J connectivity index is 2.34. The topological polar surface area (TPSA) is 34.1 Å². The molecule has 1 aromatic carbocycles. The van der Waals surface area contributed by atoms with Gasteiger partial charge in [-0.3, -0.25) is 0 Å². The highest BCUT2D eigenvalue weighted by Gasteiger charge is 2.27. The van der Waals surface area contributed by atoms with Gasteiger partial charge in [-0.15, -0.1) is 11.6 Å². The van der Waals surface area contributed by atoms with Crippen molar-refractivity contribution in [3.63, 3.8) is 0 Å². The van der Waals surface area contributed by atoms with Crippen LogP contribution in [0.25, 0.3) is 0 Å². The predicted molar refractivity (Wildman–Crippen MR) is 70.0 cm³/mol. The van der Waals surface area contributed by atoms with E-state index in [1.54, 1.807) is 54.6 Å². The lowest BCUT2D eigenvalue weighted by Crippen LogP contribution is -2.21. The monoisotopic (exact) mass is 268 g/mol. The van der Waals surface area contributed by atoms with Crippen molar-refractivity contribution in [1.82, 2.24) is 0 Å². The average molecular weight is 269 g/mol. The molecule has 0 aliphatic heterocycles. The zero-order valence-corrected chi connectivity index (χ0v) is 10.7. The fourth-order valence-electron chi connectivity index (χ4n) is 1.77. The Kier molecular flexibility index (Phi) is 3.69. The number of alkyl halides is 1. The molecule has 0 saturated heterocycles. The van der Waals surface area contributed by atoms with Crippen LogP contribution in [0.15, 0.2) is 59.5 Å². The van der Waals surface area contributed by atoms with E-state index < -0.39 is 15.1 Å². The smallest absolute Gasteiger partial charge is 0.184 e. The van der Waals surface area contributed by atoms with Gasteiger partial charge in [-0.2, -0.15) is 0 Å². The van der Waals surface area contributed by atoms with Gasteiger partial charge in [0.1, 0.15) is 0 Å². The number of hydrogen-bond acceptors (Lipinski definition) is 2. The summed E-state index contributed by atoms with van der Waals surface area (Å²) in [6.45, 7) is 0. The normalized spacial score (nSPS) is 24.5. The molecule has 0 heterocycles. The maximum atomic E-state index is 12.3. The standard InChI is InChI=1S/C13H13ClO2S/c14-11-6-4-5-9-13(10-11)17(15,16)12-7-2-1-3-8-12/h1-9,11,13H,10H2/t11-,13-/m1/s1. The highest BCUT2D eigenvalue weighted by molar-refractivity contribution is 7.92. The van der Waals surface area contributed by atoms with Crippen molar-refractivity contribution in [2.45, 2.75) is 21.9 Å². The van der Waals surface area contributed by atoms with Gasteiger partial charge < -0.3 is 0 Å². The Hall–Kier alpha value is -1.06. The van der Waals surface area contributed by atoms with E-state index in [1.165, 1.54) is 0 Å². The van der Waals surface area contributed by atoms with Gasteiger partial charge in [0.25, 0.3) is 0 Å². The predicted octanol–water partition coefficient (Wildman–Crippen LogP) is 2.95. The second-order valence-corrected chi connectivity index (χ2v) is 6.65. The minimum atomic E-state index is -3.33. The summed E-state index contributed by atoms with van der Waals surface area (Å²) in [5.74, 6) is 0. The summed E-state index contributed by atoms with van der Waals surface area (Å²) in [6.07, 6.45) is 7.44. The molecule has 2 nitrogen and oxygen atoms in total. The summed E-state index contributed by atoms with van der Waals surface area (Å²) in [5, 5.41) is -0.795. The summed E-state index contributed by atoms with van der Waals surface area (Å²) < 4.78 is 24.7. The molecule has 1 aromatic rings. The first-order chi connectivity index (χ1) is 8.10. The van der Waals surface area contributed by atoms with Gasteiger partial charge >= 0.3 is 0 Å². The lowest BCUT2D eigenvalue weighted by Gasteiger charge is -2.14. The molecule has 0 fully saturated rings. The molecule has 1 aliphatic carbocycles.